The second-order valence-electron chi connectivity index (χ2n) is 4.73. The SMILES string of the molecule is Cn1ncnc1CN[C@@H]1CCc2c(Br)cc(Cl)cc21. The number of halogens is 2. The first-order valence-electron chi connectivity index (χ1n) is 6.19. The molecular formula is C13H14BrClN4. The fourth-order valence-corrected chi connectivity index (χ4v) is 3.58. The molecule has 0 spiro atoms. The maximum Gasteiger partial charge on any atom is 0.140 e. The van der Waals surface area contributed by atoms with E-state index in [4.69, 9.17) is 11.6 Å². The number of aryl methyl sites for hydroxylation is 1. The largest absolute Gasteiger partial charge is 0.303 e. The number of hydrogen-bond donors (Lipinski definition) is 1. The predicted molar refractivity (Wildman–Crippen MR) is 78.1 cm³/mol. The van der Waals surface area contributed by atoms with Crippen LogP contribution < -0.4 is 5.32 Å². The molecule has 6 heteroatoms. The maximum atomic E-state index is 6.13. The van der Waals surface area contributed by atoms with Crippen molar-refractivity contribution in [2.75, 3.05) is 0 Å². The minimum absolute atomic E-state index is 0.335. The summed E-state index contributed by atoms with van der Waals surface area (Å²) in [6.07, 6.45) is 3.74. The number of nitrogens with zero attached hydrogens (tertiary/aromatic N) is 3. The molecule has 0 radical (unpaired) electrons. The Balaban J connectivity index is 1.78. The predicted octanol–water partition coefficient (Wildman–Crippen LogP) is 3.01. The highest BCUT2D eigenvalue weighted by molar-refractivity contribution is 9.10. The van der Waals surface area contributed by atoms with Crippen LogP contribution in [0.1, 0.15) is 29.4 Å². The van der Waals surface area contributed by atoms with Crippen LogP contribution in [0, 0.1) is 0 Å². The average Bonchev–Trinajstić information content (AvgIpc) is 2.93. The molecule has 0 fully saturated rings. The van der Waals surface area contributed by atoms with Gasteiger partial charge in [-0.1, -0.05) is 27.5 Å². The standard InChI is InChI=1S/C13H14BrClN4/c1-19-13(17-7-18-19)6-16-12-3-2-9-10(12)4-8(15)5-11(9)14/h4-5,7,12,16H,2-3,6H2,1H3/t12-/m1/s1. The molecule has 0 unspecified atom stereocenters. The Hall–Kier alpha value is -0.910. The molecule has 19 heavy (non-hydrogen) atoms. The van der Waals surface area contributed by atoms with Gasteiger partial charge in [-0.3, -0.25) is 4.68 Å². The zero-order chi connectivity index (χ0) is 13.4. The molecule has 100 valence electrons. The van der Waals surface area contributed by atoms with Crippen LogP contribution in [-0.4, -0.2) is 14.8 Å². The molecule has 1 aliphatic rings. The average molecular weight is 342 g/mol. The highest BCUT2D eigenvalue weighted by atomic mass is 79.9. The van der Waals surface area contributed by atoms with Crippen molar-refractivity contribution in [3.8, 4) is 0 Å². The highest BCUT2D eigenvalue weighted by Gasteiger charge is 2.24. The first-order valence-corrected chi connectivity index (χ1v) is 7.36. The monoisotopic (exact) mass is 340 g/mol. The van der Waals surface area contributed by atoms with Crippen LogP contribution in [0.3, 0.4) is 0 Å². The molecule has 1 aromatic carbocycles. The zero-order valence-corrected chi connectivity index (χ0v) is 12.9. The summed E-state index contributed by atoms with van der Waals surface area (Å²) in [7, 11) is 1.90. The third-order valence-electron chi connectivity index (χ3n) is 3.56. The van der Waals surface area contributed by atoms with Crippen LogP contribution in [0.25, 0.3) is 0 Å². The van der Waals surface area contributed by atoms with Gasteiger partial charge in [0.2, 0.25) is 0 Å². The van der Waals surface area contributed by atoms with E-state index in [0.717, 1.165) is 28.2 Å². The van der Waals surface area contributed by atoms with Gasteiger partial charge in [0, 0.05) is 22.6 Å². The number of benzene rings is 1. The van der Waals surface area contributed by atoms with Crippen LogP contribution >= 0.6 is 27.5 Å². The summed E-state index contributed by atoms with van der Waals surface area (Å²) in [5.74, 6) is 0.939. The van der Waals surface area contributed by atoms with E-state index in [0.29, 0.717) is 12.6 Å². The van der Waals surface area contributed by atoms with Crippen molar-refractivity contribution in [3.05, 3.63) is 44.9 Å². The Morgan fingerprint density at radius 1 is 1.53 bits per heavy atom. The van der Waals surface area contributed by atoms with Crippen LogP contribution in [0.4, 0.5) is 0 Å². The lowest BCUT2D eigenvalue weighted by molar-refractivity contribution is 0.506. The third-order valence-corrected chi connectivity index (χ3v) is 4.49. The summed E-state index contributed by atoms with van der Waals surface area (Å²) in [5.41, 5.74) is 2.65. The summed E-state index contributed by atoms with van der Waals surface area (Å²) in [4.78, 5) is 4.22. The van der Waals surface area contributed by atoms with Gasteiger partial charge in [-0.25, -0.2) is 4.98 Å². The molecule has 0 aliphatic heterocycles. The minimum atomic E-state index is 0.335. The second kappa shape index (κ2) is 5.23. The molecular weight excluding hydrogens is 328 g/mol. The van der Waals surface area contributed by atoms with E-state index in [1.54, 1.807) is 11.0 Å². The molecule has 0 saturated heterocycles. The van der Waals surface area contributed by atoms with Crippen molar-refractivity contribution in [1.29, 1.82) is 0 Å². The minimum Gasteiger partial charge on any atom is -0.303 e. The molecule has 1 heterocycles. The van der Waals surface area contributed by atoms with Crippen LogP contribution in [0.2, 0.25) is 5.02 Å². The molecule has 3 rings (SSSR count). The zero-order valence-electron chi connectivity index (χ0n) is 10.5. The van der Waals surface area contributed by atoms with Crippen molar-refractivity contribution < 1.29 is 0 Å². The second-order valence-corrected chi connectivity index (χ2v) is 6.02. The smallest absolute Gasteiger partial charge is 0.140 e. The Bertz CT molecular complexity index is 611. The lowest BCUT2D eigenvalue weighted by Crippen LogP contribution is -2.21. The van der Waals surface area contributed by atoms with Gasteiger partial charge in [-0.05, 0) is 36.1 Å². The van der Waals surface area contributed by atoms with E-state index in [2.05, 4.69) is 37.4 Å². The van der Waals surface area contributed by atoms with Gasteiger partial charge < -0.3 is 5.32 Å². The van der Waals surface area contributed by atoms with E-state index in [-0.39, 0.29) is 0 Å². The van der Waals surface area contributed by atoms with Gasteiger partial charge in [-0.15, -0.1) is 0 Å². The number of fused-ring (bicyclic) bond motifs is 1. The summed E-state index contributed by atoms with van der Waals surface area (Å²) < 4.78 is 2.90. The van der Waals surface area contributed by atoms with E-state index >= 15 is 0 Å². The molecule has 1 N–H and O–H groups in total. The topological polar surface area (TPSA) is 42.7 Å². The van der Waals surface area contributed by atoms with E-state index in [1.807, 2.05) is 13.1 Å². The normalized spacial score (nSPS) is 17.7. The van der Waals surface area contributed by atoms with Crippen LogP contribution in [-0.2, 0) is 20.0 Å². The van der Waals surface area contributed by atoms with Crippen molar-refractivity contribution in [2.24, 2.45) is 7.05 Å². The lowest BCUT2D eigenvalue weighted by Gasteiger charge is -2.14. The van der Waals surface area contributed by atoms with E-state index in [9.17, 15) is 0 Å². The molecule has 2 aromatic rings. The number of hydrogen-bond acceptors (Lipinski definition) is 3. The highest BCUT2D eigenvalue weighted by Crippen LogP contribution is 2.38. The van der Waals surface area contributed by atoms with Crippen molar-refractivity contribution in [3.63, 3.8) is 0 Å². The van der Waals surface area contributed by atoms with Gasteiger partial charge in [-0.2, -0.15) is 5.10 Å². The van der Waals surface area contributed by atoms with E-state index < -0.39 is 0 Å². The Kier molecular flexibility index (Phi) is 3.60. The van der Waals surface area contributed by atoms with Crippen LogP contribution in [0.5, 0.6) is 0 Å². The first-order chi connectivity index (χ1) is 9.15. The Morgan fingerprint density at radius 3 is 3.11 bits per heavy atom. The summed E-state index contributed by atoms with van der Waals surface area (Å²) >= 11 is 9.72. The Morgan fingerprint density at radius 2 is 2.37 bits per heavy atom. The Labute approximate surface area is 125 Å². The summed E-state index contributed by atoms with van der Waals surface area (Å²) in [6.45, 7) is 0.713. The quantitative estimate of drug-likeness (QED) is 0.933. The molecule has 4 nitrogen and oxygen atoms in total. The molecule has 0 bridgehead atoms. The third kappa shape index (κ3) is 2.55. The van der Waals surface area contributed by atoms with Gasteiger partial charge in [0.05, 0.1) is 6.54 Å². The van der Waals surface area contributed by atoms with Gasteiger partial charge >= 0.3 is 0 Å². The van der Waals surface area contributed by atoms with Gasteiger partial charge in [0.1, 0.15) is 12.2 Å². The summed E-state index contributed by atoms with van der Waals surface area (Å²) in [5, 5.41) is 8.38. The van der Waals surface area contributed by atoms with Crippen molar-refractivity contribution in [1.82, 2.24) is 20.1 Å². The number of aromatic nitrogens is 3. The number of nitrogens with one attached hydrogen (secondary N) is 1. The van der Waals surface area contributed by atoms with Crippen molar-refractivity contribution in [2.45, 2.75) is 25.4 Å². The van der Waals surface area contributed by atoms with Crippen molar-refractivity contribution >= 4 is 27.5 Å². The fraction of sp³-hybridized carbons (Fsp3) is 0.385. The first kappa shape index (κ1) is 13.1. The fourth-order valence-electron chi connectivity index (χ4n) is 2.55. The van der Waals surface area contributed by atoms with Gasteiger partial charge in [0.25, 0.3) is 0 Å². The summed E-state index contributed by atoms with van der Waals surface area (Å²) in [6, 6.07) is 4.36. The molecule has 0 amide bonds. The molecule has 1 aliphatic carbocycles. The van der Waals surface area contributed by atoms with Crippen LogP contribution in [0.15, 0.2) is 22.9 Å². The molecule has 1 aromatic heterocycles. The lowest BCUT2D eigenvalue weighted by atomic mass is 10.1. The van der Waals surface area contributed by atoms with Gasteiger partial charge in [0.15, 0.2) is 0 Å². The molecule has 1 atom stereocenters. The van der Waals surface area contributed by atoms with E-state index in [1.165, 1.54) is 11.1 Å². The maximum absolute atomic E-state index is 6.13. The number of rotatable bonds is 3. The molecule has 0 saturated carbocycles.